The van der Waals surface area contributed by atoms with Crippen molar-refractivity contribution in [3.05, 3.63) is 29.7 Å². The second-order valence-corrected chi connectivity index (χ2v) is 10.3. The van der Waals surface area contributed by atoms with E-state index in [1.165, 1.54) is 25.7 Å². The van der Waals surface area contributed by atoms with Crippen LogP contribution in [-0.4, -0.2) is 58.8 Å². The molecule has 9 heteroatoms. The third kappa shape index (κ3) is 4.09. The molecule has 1 saturated heterocycles. The van der Waals surface area contributed by atoms with Gasteiger partial charge in [0, 0.05) is 29.1 Å². The summed E-state index contributed by atoms with van der Waals surface area (Å²) in [5.74, 6) is 1.93. The highest BCUT2D eigenvalue weighted by molar-refractivity contribution is 6.14. The molecule has 2 saturated carbocycles. The molecule has 2 aromatic rings. The Kier molecular flexibility index (Phi) is 5.36. The van der Waals surface area contributed by atoms with Crippen molar-refractivity contribution < 1.29 is 9.59 Å². The van der Waals surface area contributed by atoms with Crippen molar-refractivity contribution in [1.82, 2.24) is 25.5 Å². The second-order valence-electron chi connectivity index (χ2n) is 10.3. The first-order valence-electron chi connectivity index (χ1n) is 12.4. The first kappa shape index (κ1) is 21.3. The maximum atomic E-state index is 12.7. The summed E-state index contributed by atoms with van der Waals surface area (Å²) in [5.41, 5.74) is 2.54. The summed E-state index contributed by atoms with van der Waals surface area (Å²) in [7, 11) is 2.08. The second kappa shape index (κ2) is 8.54. The Morgan fingerprint density at radius 3 is 2.82 bits per heavy atom. The number of hydrogen-bond acceptors (Lipinski definition) is 6. The highest BCUT2D eigenvalue weighted by Crippen LogP contribution is 2.44. The monoisotopic (exact) mass is 461 g/mol. The minimum absolute atomic E-state index is 0.0252. The standard InChI is InChI=1S/C25H31N7O2/c1-32-6-4-15(5-7-32)23(33)28-18-11-19-17(12-26-22(19)27-13-18)10-21-24(34)31-25(30-21)29-20-9-14-2-3-16(20)8-14/h10-16,20H,2-9H2,1H3,(H,26,27)(H,28,33)(H2,29,30,31,34). The highest BCUT2D eigenvalue weighted by Gasteiger charge is 2.40. The Labute approximate surface area is 198 Å². The normalized spacial score (nSPS) is 28.5. The molecule has 2 aliphatic heterocycles. The van der Waals surface area contributed by atoms with E-state index in [1.54, 1.807) is 12.3 Å². The maximum absolute atomic E-state index is 12.7. The van der Waals surface area contributed by atoms with Gasteiger partial charge in [-0.05, 0) is 76.2 Å². The molecule has 3 atom stereocenters. The van der Waals surface area contributed by atoms with Crippen LogP contribution in [0.4, 0.5) is 5.69 Å². The average Bonchev–Trinajstić information content (AvgIpc) is 3.60. The number of likely N-dealkylation sites (tertiary alicyclic amines) is 1. The number of pyridine rings is 1. The van der Waals surface area contributed by atoms with Gasteiger partial charge in [0.25, 0.3) is 5.91 Å². The van der Waals surface area contributed by atoms with Gasteiger partial charge in [0.1, 0.15) is 11.3 Å². The zero-order valence-corrected chi connectivity index (χ0v) is 19.4. The van der Waals surface area contributed by atoms with Crippen LogP contribution in [0.25, 0.3) is 17.1 Å². The van der Waals surface area contributed by atoms with Crippen molar-refractivity contribution >= 4 is 40.6 Å². The fourth-order valence-electron chi connectivity index (χ4n) is 6.01. The molecule has 3 fully saturated rings. The summed E-state index contributed by atoms with van der Waals surface area (Å²) in [6, 6.07) is 2.31. The molecule has 178 valence electrons. The quantitative estimate of drug-likeness (QED) is 0.522. The van der Waals surface area contributed by atoms with E-state index in [9.17, 15) is 9.59 Å². The van der Waals surface area contributed by atoms with Crippen LogP contribution in [0.15, 0.2) is 29.1 Å². The molecule has 6 rings (SSSR count). The minimum atomic E-state index is -0.209. The molecule has 4 heterocycles. The van der Waals surface area contributed by atoms with E-state index in [2.05, 4.69) is 42.9 Å². The average molecular weight is 462 g/mol. The Balaban J connectivity index is 1.18. The molecule has 2 bridgehead atoms. The van der Waals surface area contributed by atoms with Crippen LogP contribution in [0, 0.1) is 17.8 Å². The van der Waals surface area contributed by atoms with Gasteiger partial charge in [0.15, 0.2) is 0 Å². The van der Waals surface area contributed by atoms with Gasteiger partial charge in [-0.25, -0.2) is 9.98 Å². The van der Waals surface area contributed by atoms with Crippen LogP contribution in [0.2, 0.25) is 0 Å². The van der Waals surface area contributed by atoms with Gasteiger partial charge in [0.2, 0.25) is 11.9 Å². The number of hydrogen-bond donors (Lipinski definition) is 4. The van der Waals surface area contributed by atoms with E-state index in [1.807, 2.05) is 12.3 Å². The van der Waals surface area contributed by atoms with Gasteiger partial charge < -0.3 is 20.5 Å². The Morgan fingerprint density at radius 2 is 2.06 bits per heavy atom. The van der Waals surface area contributed by atoms with E-state index >= 15 is 0 Å². The van der Waals surface area contributed by atoms with Crippen molar-refractivity contribution in [2.24, 2.45) is 22.7 Å². The van der Waals surface area contributed by atoms with E-state index < -0.39 is 0 Å². The van der Waals surface area contributed by atoms with Crippen LogP contribution in [0.5, 0.6) is 0 Å². The predicted octanol–water partition coefficient (Wildman–Crippen LogP) is 2.45. The fourth-order valence-corrected chi connectivity index (χ4v) is 6.01. The molecule has 0 spiro atoms. The Morgan fingerprint density at radius 1 is 1.21 bits per heavy atom. The molecule has 2 amide bonds. The maximum Gasteiger partial charge on any atom is 0.276 e. The van der Waals surface area contributed by atoms with Gasteiger partial charge in [-0.15, -0.1) is 0 Å². The number of guanidine groups is 1. The van der Waals surface area contributed by atoms with E-state index in [4.69, 9.17) is 0 Å². The van der Waals surface area contributed by atoms with Crippen LogP contribution in [0.3, 0.4) is 0 Å². The number of H-pyrrole nitrogens is 1. The van der Waals surface area contributed by atoms with E-state index in [0.29, 0.717) is 35.0 Å². The summed E-state index contributed by atoms with van der Waals surface area (Å²) < 4.78 is 0. The molecule has 2 aliphatic carbocycles. The van der Waals surface area contributed by atoms with Crippen molar-refractivity contribution in [2.75, 3.05) is 25.5 Å². The first-order valence-corrected chi connectivity index (χ1v) is 12.4. The van der Waals surface area contributed by atoms with Gasteiger partial charge in [0.05, 0.1) is 11.9 Å². The molecule has 0 radical (unpaired) electrons. The largest absolute Gasteiger partial charge is 0.353 e. The number of anilines is 1. The number of fused-ring (bicyclic) bond motifs is 3. The molecule has 9 nitrogen and oxygen atoms in total. The Hall–Kier alpha value is -3.20. The number of aliphatic imine (C=N–C) groups is 1. The summed E-state index contributed by atoms with van der Waals surface area (Å²) in [5, 5.41) is 10.2. The lowest BCUT2D eigenvalue weighted by atomic mass is 9.95. The lowest BCUT2D eigenvalue weighted by Crippen LogP contribution is -2.44. The first-order chi connectivity index (χ1) is 16.5. The molecule has 34 heavy (non-hydrogen) atoms. The summed E-state index contributed by atoms with van der Waals surface area (Å²) >= 11 is 0. The number of nitrogens with one attached hydrogen (secondary N) is 4. The molecule has 0 aromatic carbocycles. The smallest absolute Gasteiger partial charge is 0.276 e. The number of nitrogens with zero attached hydrogens (tertiary/aromatic N) is 3. The number of amides is 2. The number of piperidine rings is 1. The van der Waals surface area contributed by atoms with Gasteiger partial charge in [-0.3, -0.25) is 14.9 Å². The Bertz CT molecular complexity index is 1190. The minimum Gasteiger partial charge on any atom is -0.353 e. The third-order valence-corrected chi connectivity index (χ3v) is 7.97. The highest BCUT2D eigenvalue weighted by atomic mass is 16.2. The van der Waals surface area contributed by atoms with E-state index in [-0.39, 0.29) is 17.7 Å². The molecule has 4 aliphatic rings. The van der Waals surface area contributed by atoms with Crippen molar-refractivity contribution in [1.29, 1.82) is 0 Å². The molecular weight excluding hydrogens is 430 g/mol. The third-order valence-electron chi connectivity index (χ3n) is 7.97. The number of aromatic nitrogens is 2. The van der Waals surface area contributed by atoms with Gasteiger partial charge >= 0.3 is 0 Å². The number of aromatic amines is 1. The van der Waals surface area contributed by atoms with Crippen molar-refractivity contribution in [2.45, 2.75) is 44.6 Å². The zero-order chi connectivity index (χ0) is 23.2. The van der Waals surface area contributed by atoms with Gasteiger partial charge in [-0.2, -0.15) is 0 Å². The summed E-state index contributed by atoms with van der Waals surface area (Å²) in [4.78, 5) is 39.7. The topological polar surface area (TPSA) is 115 Å². The van der Waals surface area contributed by atoms with Crippen molar-refractivity contribution in [3.63, 3.8) is 0 Å². The lowest BCUT2D eigenvalue weighted by Gasteiger charge is -2.28. The van der Waals surface area contributed by atoms with Crippen LogP contribution in [0.1, 0.15) is 44.1 Å². The summed E-state index contributed by atoms with van der Waals surface area (Å²) in [6.07, 6.45) is 12.1. The SMILES string of the molecule is CN1CCC(C(=O)Nc2cnc3[nH]cc(C=C4N=C(NC5CC6CCC5C6)NC4=O)c3c2)CC1. The van der Waals surface area contributed by atoms with Crippen LogP contribution < -0.4 is 16.0 Å². The van der Waals surface area contributed by atoms with Crippen LogP contribution in [-0.2, 0) is 9.59 Å². The zero-order valence-electron chi connectivity index (χ0n) is 19.4. The molecular formula is C25H31N7O2. The number of carbonyl (C=O) groups is 2. The van der Waals surface area contributed by atoms with E-state index in [0.717, 1.165) is 42.8 Å². The number of rotatable bonds is 4. The summed E-state index contributed by atoms with van der Waals surface area (Å²) in [6.45, 7) is 1.87. The number of carbonyl (C=O) groups excluding carboxylic acids is 2. The molecule has 3 unspecified atom stereocenters. The molecule has 2 aromatic heterocycles. The van der Waals surface area contributed by atoms with Gasteiger partial charge in [-0.1, -0.05) is 6.42 Å². The predicted molar refractivity (Wildman–Crippen MR) is 131 cm³/mol. The lowest BCUT2D eigenvalue weighted by molar-refractivity contribution is -0.121. The molecule has 4 N–H and O–H groups in total. The van der Waals surface area contributed by atoms with Crippen LogP contribution >= 0.6 is 0 Å². The fraction of sp³-hybridized carbons (Fsp3) is 0.520. The van der Waals surface area contributed by atoms with Crippen molar-refractivity contribution in [3.8, 4) is 0 Å².